The highest BCUT2D eigenvalue weighted by atomic mass is 19.1. The summed E-state index contributed by atoms with van der Waals surface area (Å²) in [5, 5.41) is 16.1. The zero-order valence-corrected chi connectivity index (χ0v) is 25.1. The summed E-state index contributed by atoms with van der Waals surface area (Å²) in [5.74, 6) is 1.78. The van der Waals surface area contributed by atoms with E-state index in [1.807, 2.05) is 15.6 Å². The van der Waals surface area contributed by atoms with Crippen molar-refractivity contribution in [1.82, 2.24) is 29.6 Å². The number of terminal acetylenes is 1. The summed E-state index contributed by atoms with van der Waals surface area (Å²) in [6.07, 6.45) is 12.3. The zero-order valence-electron chi connectivity index (χ0n) is 25.1. The third-order valence-corrected chi connectivity index (χ3v) is 9.71. The van der Waals surface area contributed by atoms with E-state index >= 15 is 4.39 Å². The van der Waals surface area contributed by atoms with Gasteiger partial charge in [-0.25, -0.2) is 8.78 Å². The molecule has 2 fully saturated rings. The Labute approximate surface area is 263 Å². The number of nitrogens with zero attached hydrogens (tertiary/aromatic N) is 7. The first kappa shape index (κ1) is 28.5. The van der Waals surface area contributed by atoms with Gasteiger partial charge in [-0.1, -0.05) is 12.0 Å². The number of anilines is 2. The zero-order chi connectivity index (χ0) is 31.6. The van der Waals surface area contributed by atoms with Crippen molar-refractivity contribution in [2.45, 2.75) is 50.7 Å². The maximum atomic E-state index is 16.9. The van der Waals surface area contributed by atoms with Crippen molar-refractivity contribution in [2.75, 3.05) is 36.9 Å². The summed E-state index contributed by atoms with van der Waals surface area (Å²) < 4.78 is 39.9. The van der Waals surface area contributed by atoms with Gasteiger partial charge in [0.1, 0.15) is 41.0 Å². The van der Waals surface area contributed by atoms with E-state index in [-0.39, 0.29) is 45.0 Å². The Morgan fingerprint density at radius 3 is 2.67 bits per heavy atom. The fraction of sp³-hybridized carbons (Fsp3) is 0.353. The first-order chi connectivity index (χ1) is 22.3. The quantitative estimate of drug-likeness (QED) is 0.261. The van der Waals surface area contributed by atoms with Crippen LogP contribution in [0.15, 0.2) is 36.5 Å². The number of aryl methyl sites for hydroxylation is 1. The molecule has 3 N–H and O–H groups in total. The number of phenolic OH excluding ortho intramolecular Hbond substituents is 1. The molecule has 0 bridgehead atoms. The minimum Gasteiger partial charge on any atom is -0.508 e. The number of benzene rings is 2. The molecule has 234 valence electrons. The largest absolute Gasteiger partial charge is 0.508 e. The fourth-order valence-corrected chi connectivity index (χ4v) is 7.59. The second-order valence-corrected chi connectivity index (χ2v) is 12.4. The molecule has 0 aliphatic carbocycles. The molecule has 12 heteroatoms. The van der Waals surface area contributed by atoms with Crippen LogP contribution in [0.5, 0.6) is 11.8 Å². The van der Waals surface area contributed by atoms with E-state index in [2.05, 4.69) is 25.9 Å². The number of ether oxygens (including phenoxy) is 1. The van der Waals surface area contributed by atoms with Gasteiger partial charge in [-0.2, -0.15) is 15.1 Å². The van der Waals surface area contributed by atoms with Crippen LogP contribution in [-0.2, 0) is 13.1 Å². The average molecular weight is 623 g/mol. The Hall–Kier alpha value is -5.02. The Kier molecular flexibility index (Phi) is 6.68. The van der Waals surface area contributed by atoms with Crippen molar-refractivity contribution in [3.05, 3.63) is 59.4 Å². The number of aromatic hydroxyl groups is 1. The third-order valence-electron chi connectivity index (χ3n) is 9.71. The predicted molar refractivity (Wildman–Crippen MR) is 170 cm³/mol. The first-order valence-corrected chi connectivity index (χ1v) is 15.6. The number of nitrogen functional groups attached to an aromatic ring is 1. The van der Waals surface area contributed by atoms with Crippen molar-refractivity contribution < 1.29 is 18.6 Å². The van der Waals surface area contributed by atoms with Crippen molar-refractivity contribution in [2.24, 2.45) is 0 Å². The molecule has 0 atom stereocenters. The second-order valence-electron chi connectivity index (χ2n) is 12.4. The van der Waals surface area contributed by atoms with Crippen molar-refractivity contribution in [3.8, 4) is 35.4 Å². The molecule has 0 saturated carbocycles. The van der Waals surface area contributed by atoms with E-state index in [1.54, 1.807) is 0 Å². The van der Waals surface area contributed by atoms with Crippen LogP contribution in [-0.4, -0.2) is 66.5 Å². The minimum absolute atomic E-state index is 0.00428. The number of pyridine rings is 1. The Bertz CT molecular complexity index is 2060. The van der Waals surface area contributed by atoms with Crippen LogP contribution in [0.25, 0.3) is 32.9 Å². The maximum absolute atomic E-state index is 16.9. The minimum atomic E-state index is -0.754. The van der Waals surface area contributed by atoms with E-state index < -0.39 is 11.6 Å². The summed E-state index contributed by atoms with van der Waals surface area (Å²) in [6.45, 7) is 4.24. The number of nitrogens with two attached hydrogens (primary N) is 1. The lowest BCUT2D eigenvalue weighted by Crippen LogP contribution is -2.43. The van der Waals surface area contributed by atoms with Crippen LogP contribution >= 0.6 is 0 Å². The van der Waals surface area contributed by atoms with Gasteiger partial charge in [0.2, 0.25) is 0 Å². The van der Waals surface area contributed by atoms with Crippen LogP contribution in [0.4, 0.5) is 20.4 Å². The van der Waals surface area contributed by atoms with Gasteiger partial charge in [-0.3, -0.25) is 14.6 Å². The van der Waals surface area contributed by atoms with E-state index in [1.165, 1.54) is 30.5 Å². The lowest BCUT2D eigenvalue weighted by Gasteiger charge is -2.31. The van der Waals surface area contributed by atoms with Crippen molar-refractivity contribution in [3.63, 3.8) is 0 Å². The number of aromatic nitrogens is 5. The highest BCUT2D eigenvalue weighted by Gasteiger charge is 2.45. The van der Waals surface area contributed by atoms with Crippen LogP contribution in [0.3, 0.4) is 0 Å². The molecule has 2 aromatic carbocycles. The molecular weight excluding hydrogens is 590 g/mol. The average Bonchev–Trinajstić information content (AvgIpc) is 3.69. The molecule has 46 heavy (non-hydrogen) atoms. The van der Waals surface area contributed by atoms with E-state index in [0.717, 1.165) is 50.9 Å². The number of hydrogen-bond acceptors (Lipinski definition) is 9. The lowest BCUT2D eigenvalue weighted by atomic mass is 9.95. The molecule has 8 rings (SSSR count). The van der Waals surface area contributed by atoms with Gasteiger partial charge in [-0.15, -0.1) is 6.42 Å². The molecule has 2 saturated heterocycles. The van der Waals surface area contributed by atoms with Crippen LogP contribution in [0.2, 0.25) is 0 Å². The summed E-state index contributed by atoms with van der Waals surface area (Å²) in [4.78, 5) is 18.5. The summed E-state index contributed by atoms with van der Waals surface area (Å²) in [6, 6.07) is 7.41. The number of fused-ring (bicyclic) bond motifs is 4. The first-order valence-electron chi connectivity index (χ1n) is 15.6. The molecule has 0 amide bonds. The summed E-state index contributed by atoms with van der Waals surface area (Å²) in [5.41, 5.74) is 6.85. The van der Waals surface area contributed by atoms with Gasteiger partial charge in [0.05, 0.1) is 28.7 Å². The molecule has 0 spiro atoms. The molecule has 3 aliphatic heterocycles. The number of hydrogen-bond donors (Lipinski definition) is 2. The molecule has 0 unspecified atom stereocenters. The Morgan fingerprint density at radius 2 is 1.87 bits per heavy atom. The molecule has 3 aliphatic rings. The highest BCUT2D eigenvalue weighted by Crippen LogP contribution is 2.41. The smallest absolute Gasteiger partial charge is 0.319 e. The number of rotatable bonds is 5. The standard InChI is InChI=1S/C34H32F2N8O2/c1-2-23-26(35)7-6-20-14-22(45)16-24(28(20)23)30-29(36)31-25(17-38-30)32(42-10-5-13-44-21(18-42)15-27(37)41-44)40-33(39-31)46-19-34-8-3-11-43(34)12-4-9-34/h1,6-7,14-17,45H,3-5,8-13,18-19H2,(H2,37,41). The fourth-order valence-electron chi connectivity index (χ4n) is 7.59. The Morgan fingerprint density at radius 1 is 1.04 bits per heavy atom. The van der Waals surface area contributed by atoms with Crippen molar-refractivity contribution >= 4 is 33.3 Å². The highest BCUT2D eigenvalue weighted by molar-refractivity contribution is 6.03. The maximum Gasteiger partial charge on any atom is 0.319 e. The topological polar surface area (TPSA) is 118 Å². The second kappa shape index (κ2) is 10.8. The SMILES string of the molecule is C#Cc1c(F)ccc2cc(O)cc(-c3ncc4c(N5CCCn6nc(N)cc6C5)nc(OCC56CCCN5CCC6)nc4c3F)c12. The normalized spacial score (nSPS) is 17.6. The lowest BCUT2D eigenvalue weighted by molar-refractivity contribution is 0.108. The summed E-state index contributed by atoms with van der Waals surface area (Å²) >= 11 is 0. The van der Waals surface area contributed by atoms with Gasteiger partial charge in [0, 0.05) is 36.3 Å². The number of phenols is 1. The predicted octanol–water partition coefficient (Wildman–Crippen LogP) is 5.01. The monoisotopic (exact) mass is 622 g/mol. The van der Waals surface area contributed by atoms with Crippen LogP contribution in [0, 0.1) is 24.0 Å². The molecule has 0 radical (unpaired) electrons. The van der Waals surface area contributed by atoms with E-state index in [9.17, 15) is 9.50 Å². The van der Waals surface area contributed by atoms with Crippen LogP contribution in [0.1, 0.15) is 43.4 Å². The molecule has 10 nitrogen and oxygen atoms in total. The van der Waals surface area contributed by atoms with Crippen LogP contribution < -0.4 is 15.4 Å². The molecule has 5 aromatic rings. The van der Waals surface area contributed by atoms with E-state index in [0.29, 0.717) is 48.6 Å². The van der Waals surface area contributed by atoms with Gasteiger partial charge in [-0.05, 0) is 68.8 Å². The van der Waals surface area contributed by atoms with Gasteiger partial charge in [0.15, 0.2) is 5.82 Å². The number of halogens is 2. The summed E-state index contributed by atoms with van der Waals surface area (Å²) in [7, 11) is 0. The van der Waals surface area contributed by atoms with Gasteiger partial charge in [0.25, 0.3) is 0 Å². The third kappa shape index (κ3) is 4.57. The molecule has 3 aromatic heterocycles. The van der Waals surface area contributed by atoms with Crippen molar-refractivity contribution in [1.29, 1.82) is 0 Å². The Balaban J connectivity index is 1.29. The van der Waals surface area contributed by atoms with Gasteiger partial charge >= 0.3 is 6.01 Å². The van der Waals surface area contributed by atoms with Gasteiger partial charge < -0.3 is 20.5 Å². The molecular formula is C34H32F2N8O2. The molecule has 6 heterocycles. The van der Waals surface area contributed by atoms with E-state index in [4.69, 9.17) is 21.9 Å².